The Bertz CT molecular complexity index is 614. The van der Waals surface area contributed by atoms with E-state index in [0.717, 1.165) is 23.7 Å². The maximum absolute atomic E-state index is 12.2. The van der Waals surface area contributed by atoms with E-state index in [9.17, 15) is 4.79 Å². The summed E-state index contributed by atoms with van der Waals surface area (Å²) < 4.78 is 5.20. The topological polar surface area (TPSA) is 80.1 Å². The summed E-state index contributed by atoms with van der Waals surface area (Å²) in [4.78, 5) is 15.3. The van der Waals surface area contributed by atoms with Crippen molar-refractivity contribution in [2.75, 3.05) is 12.8 Å². The molecule has 2 aromatic rings. The Morgan fingerprint density at radius 3 is 3.00 bits per heavy atom. The predicted octanol–water partition coefficient (Wildman–Crippen LogP) is 1.66. The fourth-order valence-electron chi connectivity index (χ4n) is 2.47. The first-order valence-electron chi connectivity index (χ1n) is 6.37. The van der Waals surface area contributed by atoms with Crippen molar-refractivity contribution >= 4 is 22.5 Å². The highest BCUT2D eigenvalue weighted by atomic mass is 16.5. The molecule has 1 aliphatic carbocycles. The number of aromatic nitrogens is 1. The van der Waals surface area contributed by atoms with Crippen LogP contribution >= 0.6 is 0 Å². The molecule has 1 aliphatic rings. The average molecular weight is 259 g/mol. The van der Waals surface area contributed by atoms with Gasteiger partial charge in [-0.3, -0.25) is 4.79 Å². The Morgan fingerprint density at radius 2 is 2.26 bits per heavy atom. The Balaban J connectivity index is 1.77. The number of amides is 1. The van der Waals surface area contributed by atoms with E-state index in [0.29, 0.717) is 11.3 Å². The van der Waals surface area contributed by atoms with Gasteiger partial charge >= 0.3 is 0 Å². The molecule has 1 saturated carbocycles. The van der Waals surface area contributed by atoms with E-state index in [1.807, 2.05) is 18.2 Å². The number of hydrogen-bond donors (Lipinski definition) is 3. The van der Waals surface area contributed by atoms with Gasteiger partial charge in [-0.05, 0) is 31.0 Å². The number of anilines is 1. The minimum atomic E-state index is -0.0589. The third kappa shape index (κ3) is 2.17. The molecule has 0 aliphatic heterocycles. The number of fused-ring (bicyclic) bond motifs is 1. The first kappa shape index (κ1) is 12.0. The molecule has 1 aromatic heterocycles. The normalized spacial score (nSPS) is 22.2. The molecule has 5 nitrogen and oxygen atoms in total. The van der Waals surface area contributed by atoms with E-state index < -0.39 is 0 Å². The van der Waals surface area contributed by atoms with Crippen LogP contribution in [0.15, 0.2) is 24.4 Å². The van der Waals surface area contributed by atoms with Crippen LogP contribution in [-0.2, 0) is 4.74 Å². The lowest BCUT2D eigenvalue weighted by Crippen LogP contribution is -2.47. The summed E-state index contributed by atoms with van der Waals surface area (Å²) in [6, 6.07) is 5.73. The van der Waals surface area contributed by atoms with Crippen LogP contribution in [-0.4, -0.2) is 30.1 Å². The monoisotopic (exact) mass is 259 g/mol. The number of carbonyl (C=O) groups is 1. The molecule has 0 spiro atoms. The lowest BCUT2D eigenvalue weighted by atomic mass is 9.89. The van der Waals surface area contributed by atoms with Gasteiger partial charge in [0.05, 0.1) is 11.7 Å². The fraction of sp³-hybridized carbons (Fsp3) is 0.357. The molecule has 4 N–H and O–H groups in total. The molecule has 0 bridgehead atoms. The highest BCUT2D eigenvalue weighted by Gasteiger charge is 2.30. The SMILES string of the molecule is COC1CC(NC(=O)c2c[nH]c3ccc(N)cc23)C1. The number of nitrogens with two attached hydrogens (primary N) is 1. The lowest BCUT2D eigenvalue weighted by Gasteiger charge is -2.34. The lowest BCUT2D eigenvalue weighted by molar-refractivity contribution is 0.0176. The van der Waals surface area contributed by atoms with Gasteiger partial charge < -0.3 is 20.8 Å². The molecule has 1 heterocycles. The highest BCUT2D eigenvalue weighted by Crippen LogP contribution is 2.25. The number of benzene rings is 1. The van der Waals surface area contributed by atoms with Crippen LogP contribution in [0.3, 0.4) is 0 Å². The summed E-state index contributed by atoms with van der Waals surface area (Å²) in [5.74, 6) is -0.0589. The smallest absolute Gasteiger partial charge is 0.253 e. The Morgan fingerprint density at radius 1 is 1.47 bits per heavy atom. The van der Waals surface area contributed by atoms with Gasteiger partial charge in [0.2, 0.25) is 0 Å². The first-order valence-corrected chi connectivity index (χ1v) is 6.37. The number of methoxy groups -OCH3 is 1. The molecule has 3 rings (SSSR count). The fourth-order valence-corrected chi connectivity index (χ4v) is 2.47. The molecule has 0 saturated heterocycles. The van der Waals surface area contributed by atoms with Crippen LogP contribution in [0.5, 0.6) is 0 Å². The highest BCUT2D eigenvalue weighted by molar-refractivity contribution is 6.07. The van der Waals surface area contributed by atoms with E-state index in [1.54, 1.807) is 13.3 Å². The number of hydrogen-bond acceptors (Lipinski definition) is 3. The first-order chi connectivity index (χ1) is 9.17. The third-order valence-electron chi connectivity index (χ3n) is 3.71. The molecular weight excluding hydrogens is 242 g/mol. The van der Waals surface area contributed by atoms with Gasteiger partial charge in [0.1, 0.15) is 0 Å². The number of nitrogens with one attached hydrogen (secondary N) is 2. The Labute approximate surface area is 111 Å². The van der Waals surface area contributed by atoms with Crippen LogP contribution in [0, 0.1) is 0 Å². The van der Waals surface area contributed by atoms with Crippen LogP contribution < -0.4 is 11.1 Å². The van der Waals surface area contributed by atoms with E-state index in [4.69, 9.17) is 10.5 Å². The summed E-state index contributed by atoms with van der Waals surface area (Å²) in [5, 5.41) is 3.88. The zero-order valence-electron chi connectivity index (χ0n) is 10.8. The van der Waals surface area contributed by atoms with Crippen molar-refractivity contribution < 1.29 is 9.53 Å². The van der Waals surface area contributed by atoms with Crippen molar-refractivity contribution in [1.82, 2.24) is 10.3 Å². The number of H-pyrrole nitrogens is 1. The Hall–Kier alpha value is -2.01. The quantitative estimate of drug-likeness (QED) is 0.733. The molecule has 0 atom stereocenters. The largest absolute Gasteiger partial charge is 0.399 e. The molecule has 0 radical (unpaired) electrons. The second-order valence-corrected chi connectivity index (χ2v) is 5.01. The minimum Gasteiger partial charge on any atom is -0.399 e. The van der Waals surface area contributed by atoms with Gasteiger partial charge in [-0.2, -0.15) is 0 Å². The number of rotatable bonds is 3. The Kier molecular flexibility index (Phi) is 2.91. The van der Waals surface area contributed by atoms with Gasteiger partial charge in [-0.25, -0.2) is 0 Å². The number of ether oxygens (including phenoxy) is 1. The van der Waals surface area contributed by atoms with Crippen LogP contribution in [0.1, 0.15) is 23.2 Å². The van der Waals surface area contributed by atoms with Gasteiger partial charge in [-0.15, -0.1) is 0 Å². The second kappa shape index (κ2) is 4.59. The zero-order valence-corrected chi connectivity index (χ0v) is 10.8. The zero-order chi connectivity index (χ0) is 13.4. The van der Waals surface area contributed by atoms with E-state index >= 15 is 0 Å². The summed E-state index contributed by atoms with van der Waals surface area (Å²) in [5.41, 5.74) is 7.98. The predicted molar refractivity (Wildman–Crippen MR) is 74.0 cm³/mol. The summed E-state index contributed by atoms with van der Waals surface area (Å²) >= 11 is 0. The maximum atomic E-state index is 12.2. The van der Waals surface area contributed by atoms with Gasteiger partial charge in [0.15, 0.2) is 0 Å². The third-order valence-corrected chi connectivity index (χ3v) is 3.71. The summed E-state index contributed by atoms with van der Waals surface area (Å²) in [6.07, 6.45) is 3.77. The van der Waals surface area contributed by atoms with E-state index in [-0.39, 0.29) is 18.1 Å². The molecule has 100 valence electrons. The molecule has 1 amide bonds. The van der Waals surface area contributed by atoms with Crippen molar-refractivity contribution in [1.29, 1.82) is 0 Å². The van der Waals surface area contributed by atoms with Gasteiger partial charge in [0.25, 0.3) is 5.91 Å². The molecule has 1 aromatic carbocycles. The van der Waals surface area contributed by atoms with Crippen LogP contribution in [0.2, 0.25) is 0 Å². The second-order valence-electron chi connectivity index (χ2n) is 5.01. The van der Waals surface area contributed by atoms with Gasteiger partial charge in [-0.1, -0.05) is 0 Å². The van der Waals surface area contributed by atoms with E-state index in [2.05, 4.69) is 10.3 Å². The van der Waals surface area contributed by atoms with Crippen molar-refractivity contribution in [3.8, 4) is 0 Å². The molecular formula is C14H17N3O2. The van der Waals surface area contributed by atoms with Crippen molar-refractivity contribution in [2.45, 2.75) is 25.0 Å². The van der Waals surface area contributed by atoms with Crippen molar-refractivity contribution in [3.05, 3.63) is 30.0 Å². The molecule has 0 unspecified atom stereocenters. The molecule has 5 heteroatoms. The average Bonchev–Trinajstić information content (AvgIpc) is 2.75. The number of carbonyl (C=O) groups excluding carboxylic acids is 1. The van der Waals surface area contributed by atoms with Crippen molar-refractivity contribution in [3.63, 3.8) is 0 Å². The van der Waals surface area contributed by atoms with Gasteiger partial charge in [0, 0.05) is 35.9 Å². The van der Waals surface area contributed by atoms with Crippen LogP contribution in [0.25, 0.3) is 10.9 Å². The molecule has 1 fully saturated rings. The minimum absolute atomic E-state index is 0.0589. The van der Waals surface area contributed by atoms with Crippen molar-refractivity contribution in [2.24, 2.45) is 0 Å². The summed E-state index contributed by atoms with van der Waals surface area (Å²) in [6.45, 7) is 0. The van der Waals surface area contributed by atoms with E-state index in [1.165, 1.54) is 0 Å². The molecule has 19 heavy (non-hydrogen) atoms. The standard InChI is InChI=1S/C14H17N3O2/c1-19-10-5-9(6-10)17-14(18)12-7-16-13-3-2-8(15)4-11(12)13/h2-4,7,9-10,16H,5-6,15H2,1H3,(H,17,18). The van der Waals surface area contributed by atoms with Crippen LogP contribution in [0.4, 0.5) is 5.69 Å². The number of aromatic amines is 1. The maximum Gasteiger partial charge on any atom is 0.253 e. The number of nitrogen functional groups attached to an aromatic ring is 1. The summed E-state index contributed by atoms with van der Waals surface area (Å²) in [7, 11) is 1.70.